The summed E-state index contributed by atoms with van der Waals surface area (Å²) in [6.07, 6.45) is 5.25. The Kier molecular flexibility index (Phi) is 38.6. The molecular formula is C53H126N2O20Si16. The van der Waals surface area contributed by atoms with Crippen LogP contribution in [0.15, 0.2) is 48.6 Å². The van der Waals surface area contributed by atoms with Gasteiger partial charge in [0.25, 0.3) is 0 Å². The number of carbonyl (C=O) groups is 4. The fraction of sp³-hybridized carbons (Fsp3) is 0.774. The third-order valence-electron chi connectivity index (χ3n) is 13.8. The van der Waals surface area contributed by atoms with Crippen LogP contribution in [0.25, 0.3) is 0 Å². The Morgan fingerprint density at radius 1 is 0.418 bits per heavy atom. The zero-order valence-corrected chi connectivity index (χ0v) is 78.3. The molecule has 0 aliphatic carbocycles. The minimum atomic E-state index is -4.32. The molecule has 5 N–H and O–H groups in total. The zero-order chi connectivity index (χ0) is 71.3. The lowest BCUT2D eigenvalue weighted by molar-refractivity contribution is -0.118. The van der Waals surface area contributed by atoms with Crippen LogP contribution in [-0.2, 0) is 72.7 Å². The lowest BCUT2D eigenvalue weighted by atomic mass is 10.1. The maximum atomic E-state index is 12.4. The minimum Gasteiger partial charge on any atom is -0.439 e. The molecule has 0 saturated carbocycles. The van der Waals surface area contributed by atoms with E-state index in [9.17, 15) is 33.6 Å². The zero-order valence-electron chi connectivity index (χ0n) is 61.2. The highest BCUT2D eigenvalue weighted by Crippen LogP contribution is 2.37. The van der Waals surface area contributed by atoms with Crippen molar-refractivity contribution in [2.45, 2.75) is 252 Å². The predicted molar refractivity (Wildman–Crippen MR) is 405 cm³/mol. The van der Waals surface area contributed by atoms with Crippen molar-refractivity contribution < 1.29 is 87.1 Å². The van der Waals surface area contributed by atoms with Crippen LogP contribution in [0.4, 0.5) is 0 Å². The number of nitrogens with one attached hydrogen (secondary N) is 2. The van der Waals surface area contributed by atoms with Gasteiger partial charge in [0.1, 0.15) is 0 Å². The third kappa shape index (κ3) is 40.1. The fourth-order valence-corrected chi connectivity index (χ4v) is 82.9. The number of hydrogen-bond donors (Lipinski definition) is 5. The predicted octanol–water partition coefficient (Wildman–Crippen LogP) is 9.53. The number of amides is 2. The standard InChI is InChI=1S/C53H126N2O20Si16/c1-45(2)49(56)37-31-33-43-80(11,12)65-82(15,16)67-84(19,20)71-90(29,73-86(23,24)69-88(27,53(76-60)77-61)63-78(9)41-35-39-54-51(58)47(5)6)75-91(30,74-87(25,26)70-89(28,62)64-79(10)42-36-40-55-52(59)48(7)8)72-85(21,22)68-83(17,18)66-81(13,14)44-34-32-38-50(57)46(3)4/h53,60-62,78-79H,1,3,5,7,31-44,76-77H2,2,4,6,8-30H3,(H,54,58)(H,55,59). The first kappa shape index (κ1) is 91.1. The van der Waals surface area contributed by atoms with Crippen LogP contribution < -0.4 is 10.6 Å². The molecular weight excluding hydrogens is 1430 g/mol. The molecule has 0 aliphatic rings. The van der Waals surface area contributed by atoms with Gasteiger partial charge in [-0.25, -0.2) is 0 Å². The molecule has 22 nitrogen and oxygen atoms in total. The number of ketones is 2. The summed E-state index contributed by atoms with van der Waals surface area (Å²) in [6, 6.07) is 2.95. The Morgan fingerprint density at radius 2 is 0.725 bits per heavy atom. The van der Waals surface area contributed by atoms with E-state index >= 15 is 0 Å². The van der Waals surface area contributed by atoms with Crippen molar-refractivity contribution in [1.82, 2.24) is 10.6 Å². The van der Waals surface area contributed by atoms with E-state index in [2.05, 4.69) is 69.7 Å². The van der Waals surface area contributed by atoms with Gasteiger partial charge in [-0.1, -0.05) is 39.2 Å². The summed E-state index contributed by atoms with van der Waals surface area (Å²) in [4.78, 5) is 82.9. The van der Waals surface area contributed by atoms with E-state index < -0.39 is 145 Å². The molecule has 0 saturated heterocycles. The SMILES string of the molecule is C=C(C)C(=O)CCCC[Si](C)(C)O[Si](C)(C)O[Si](C)(C)O[Si](C)(O[Si](C)(C)O[Si](C)(O)O[SiH](C)CCCNC(=O)C(=C)C)O[Si](C)(O[Si](C)(C)O[Si](C)(C)O[Si](C)(C)CCCCC(=O)C(=C)C)O[Si](C)(C)O[Si](C)(O[SiH](C)CCCNC(=O)C(=C)C)C([SiH2]O)[SiH2]O. The quantitative estimate of drug-likeness (QED) is 0.0215. The van der Waals surface area contributed by atoms with E-state index in [1.165, 1.54) is 0 Å². The highest BCUT2D eigenvalue weighted by Gasteiger charge is 2.61. The van der Waals surface area contributed by atoms with Gasteiger partial charge in [0, 0.05) is 61.5 Å². The first-order chi connectivity index (χ1) is 40.9. The summed E-state index contributed by atoms with van der Waals surface area (Å²) >= 11 is 0. The van der Waals surface area contributed by atoms with E-state index in [4.69, 9.17) is 53.5 Å². The number of hydrogen-bond acceptors (Lipinski definition) is 20. The molecule has 2 amide bonds. The minimum absolute atomic E-state index is 0.0606. The smallest absolute Gasteiger partial charge is 0.439 e. The van der Waals surface area contributed by atoms with Gasteiger partial charge in [0.05, 0.1) is 0 Å². The van der Waals surface area contributed by atoms with Crippen LogP contribution in [0.1, 0.15) is 79.1 Å². The Bertz CT molecular complexity index is 2410. The molecule has 6 atom stereocenters. The van der Waals surface area contributed by atoms with Crippen molar-refractivity contribution in [2.75, 3.05) is 13.1 Å². The van der Waals surface area contributed by atoms with E-state index in [-0.39, 0.29) is 23.4 Å². The molecule has 0 bridgehead atoms. The second kappa shape index (κ2) is 38.6. The van der Waals surface area contributed by atoms with Gasteiger partial charge < -0.3 is 78.5 Å². The van der Waals surface area contributed by atoms with Gasteiger partial charge in [-0.05, 0) is 213 Å². The fourth-order valence-electron chi connectivity index (χ4n) is 11.0. The number of allylic oxidation sites excluding steroid dienone is 2. The molecule has 0 rings (SSSR count). The van der Waals surface area contributed by atoms with Crippen LogP contribution in [0.5, 0.6) is 0 Å². The Hall–Kier alpha value is 0.0701. The third-order valence-corrected chi connectivity index (χ3v) is 75.7. The lowest BCUT2D eigenvalue weighted by Gasteiger charge is -2.48. The van der Waals surface area contributed by atoms with Gasteiger partial charge in [-0.15, -0.1) is 0 Å². The molecule has 0 heterocycles. The van der Waals surface area contributed by atoms with Crippen LogP contribution in [0.2, 0.25) is 173 Å². The Labute approximate surface area is 571 Å². The number of rotatable bonds is 51. The van der Waals surface area contributed by atoms with Crippen LogP contribution in [-0.4, -0.2) is 191 Å². The highest BCUT2D eigenvalue weighted by molar-refractivity contribution is 6.97. The summed E-state index contributed by atoms with van der Waals surface area (Å²) in [7, 11) is -48.8. The summed E-state index contributed by atoms with van der Waals surface area (Å²) in [6.45, 7) is 65.5. The Balaban J connectivity index is 8.04. The van der Waals surface area contributed by atoms with Crippen molar-refractivity contribution >= 4 is 164 Å². The molecule has 91 heavy (non-hydrogen) atoms. The van der Waals surface area contributed by atoms with Crippen molar-refractivity contribution in [3.63, 3.8) is 0 Å². The summed E-state index contributed by atoms with van der Waals surface area (Å²) in [5.41, 5.74) is 1.95. The summed E-state index contributed by atoms with van der Waals surface area (Å²) < 4.78 is 92.8. The molecule has 0 spiro atoms. The van der Waals surface area contributed by atoms with Gasteiger partial charge in [-0.2, -0.15) is 0 Å². The monoisotopic (exact) mass is 1560 g/mol. The molecule has 532 valence electrons. The van der Waals surface area contributed by atoms with Crippen LogP contribution in [0, 0.1) is 0 Å². The molecule has 0 aromatic rings. The molecule has 0 radical (unpaired) electrons. The lowest BCUT2D eigenvalue weighted by Crippen LogP contribution is -2.69. The molecule has 0 aromatic carbocycles. The normalized spacial score (nSPS) is 17.2. The second-order valence-electron chi connectivity index (χ2n) is 28.8. The summed E-state index contributed by atoms with van der Waals surface area (Å²) in [5.74, 6) is -0.313. The maximum Gasteiger partial charge on any atom is 0.475 e. The first-order valence-corrected chi connectivity index (χ1v) is 72.2. The molecule has 6 unspecified atom stereocenters. The van der Waals surface area contributed by atoms with E-state index in [1.54, 1.807) is 60.4 Å². The van der Waals surface area contributed by atoms with Crippen molar-refractivity contribution in [3.05, 3.63) is 48.6 Å². The van der Waals surface area contributed by atoms with Crippen LogP contribution in [0.3, 0.4) is 0 Å². The van der Waals surface area contributed by atoms with Gasteiger partial charge in [0.15, 0.2) is 65.8 Å². The van der Waals surface area contributed by atoms with Crippen molar-refractivity contribution in [3.8, 4) is 0 Å². The Morgan fingerprint density at radius 3 is 1.04 bits per heavy atom. The van der Waals surface area contributed by atoms with E-state index in [1.807, 2.05) is 78.6 Å². The topological polar surface area (TPSA) is 273 Å². The van der Waals surface area contributed by atoms with E-state index in [0.717, 1.165) is 37.8 Å². The number of carbonyl (C=O) groups excluding carboxylic acids is 4. The summed E-state index contributed by atoms with van der Waals surface area (Å²) in [5, 5.41) is 5.75. The van der Waals surface area contributed by atoms with Gasteiger partial charge in [0.2, 0.25) is 11.8 Å². The first-order valence-electron chi connectivity index (χ1n) is 32.2. The average Bonchev–Trinajstić information content (AvgIpc) is 0.779. The van der Waals surface area contributed by atoms with E-state index in [0.29, 0.717) is 73.2 Å². The van der Waals surface area contributed by atoms with Crippen molar-refractivity contribution in [1.29, 1.82) is 0 Å². The second-order valence-corrected chi connectivity index (χ2v) is 82.5. The average molecular weight is 1560 g/mol. The number of Topliss-reactive ketones (excluding diaryl/α,β-unsaturated/α-hetero) is 2. The van der Waals surface area contributed by atoms with Crippen molar-refractivity contribution in [2.24, 2.45) is 0 Å². The largest absolute Gasteiger partial charge is 0.475 e. The van der Waals surface area contributed by atoms with Crippen LogP contribution >= 0.6 is 0 Å². The van der Waals surface area contributed by atoms with Gasteiger partial charge >= 0.3 is 86.3 Å². The molecule has 0 aliphatic heterocycles. The molecule has 38 heteroatoms. The maximum absolute atomic E-state index is 12.4. The molecule has 0 aromatic heterocycles. The molecule has 0 fully saturated rings. The number of unbranched alkanes of at least 4 members (excludes halogenated alkanes) is 2. The highest BCUT2D eigenvalue weighted by atomic mass is 28.6. The van der Waals surface area contributed by atoms with Gasteiger partial charge in [-0.3, -0.25) is 19.2 Å².